The predicted molar refractivity (Wildman–Crippen MR) is 74.0 cm³/mol. The van der Waals surface area contributed by atoms with Crippen molar-refractivity contribution in [3.63, 3.8) is 0 Å². The van der Waals surface area contributed by atoms with Crippen LogP contribution < -0.4 is 4.90 Å². The van der Waals surface area contributed by atoms with Crippen LogP contribution >= 0.6 is 15.9 Å². The first kappa shape index (κ1) is 11.9. The molecule has 86 valence electrons. The Morgan fingerprint density at radius 2 is 1.76 bits per heavy atom. The highest BCUT2D eigenvalue weighted by Gasteiger charge is 2.05. The molecule has 0 spiro atoms. The van der Waals surface area contributed by atoms with Gasteiger partial charge in [-0.2, -0.15) is 0 Å². The fourth-order valence-electron chi connectivity index (χ4n) is 1.62. The van der Waals surface area contributed by atoms with Gasteiger partial charge in [-0.1, -0.05) is 18.2 Å². The van der Waals surface area contributed by atoms with Gasteiger partial charge in [-0.05, 0) is 46.3 Å². The Hall–Kier alpha value is -1.61. The number of benzene rings is 2. The van der Waals surface area contributed by atoms with E-state index in [0.29, 0.717) is 5.56 Å². The summed E-state index contributed by atoms with van der Waals surface area (Å²) in [5.41, 5.74) is 2.81. The zero-order valence-electron chi connectivity index (χ0n) is 9.43. The SMILES string of the molecule is CN(c1ccccc1)c1ccc(C=O)c(Br)c1. The van der Waals surface area contributed by atoms with E-state index in [0.717, 1.165) is 22.1 Å². The second-order valence-electron chi connectivity index (χ2n) is 3.72. The van der Waals surface area contributed by atoms with E-state index in [2.05, 4.69) is 20.8 Å². The summed E-state index contributed by atoms with van der Waals surface area (Å²) in [6.07, 6.45) is 0.844. The summed E-state index contributed by atoms with van der Waals surface area (Å²) in [5.74, 6) is 0. The average Bonchev–Trinajstić information content (AvgIpc) is 2.39. The van der Waals surface area contributed by atoms with E-state index < -0.39 is 0 Å². The van der Waals surface area contributed by atoms with Crippen molar-refractivity contribution < 1.29 is 4.79 Å². The minimum atomic E-state index is 0.662. The highest BCUT2D eigenvalue weighted by molar-refractivity contribution is 9.10. The Balaban J connectivity index is 2.35. The number of nitrogens with zero attached hydrogens (tertiary/aromatic N) is 1. The summed E-state index contributed by atoms with van der Waals surface area (Å²) >= 11 is 3.39. The fraction of sp³-hybridized carbons (Fsp3) is 0.0714. The molecule has 2 aromatic carbocycles. The highest BCUT2D eigenvalue weighted by atomic mass is 79.9. The van der Waals surface area contributed by atoms with E-state index in [1.807, 2.05) is 55.6 Å². The largest absolute Gasteiger partial charge is 0.345 e. The van der Waals surface area contributed by atoms with Crippen molar-refractivity contribution >= 4 is 33.6 Å². The van der Waals surface area contributed by atoms with E-state index in [9.17, 15) is 4.79 Å². The summed E-state index contributed by atoms with van der Waals surface area (Å²) in [6.45, 7) is 0. The molecule has 2 aromatic rings. The van der Waals surface area contributed by atoms with Crippen molar-refractivity contribution in [2.75, 3.05) is 11.9 Å². The third kappa shape index (κ3) is 2.56. The molecule has 0 radical (unpaired) electrons. The number of aldehydes is 1. The number of hydrogen-bond donors (Lipinski definition) is 0. The first-order chi connectivity index (χ1) is 8.22. The summed E-state index contributed by atoms with van der Waals surface area (Å²) in [6, 6.07) is 15.8. The van der Waals surface area contributed by atoms with Crippen LogP contribution in [-0.4, -0.2) is 13.3 Å². The molecule has 0 saturated carbocycles. The van der Waals surface area contributed by atoms with Crippen molar-refractivity contribution in [3.05, 3.63) is 58.6 Å². The first-order valence-electron chi connectivity index (χ1n) is 5.26. The van der Waals surface area contributed by atoms with Gasteiger partial charge in [0.15, 0.2) is 6.29 Å². The van der Waals surface area contributed by atoms with Crippen LogP contribution in [0.2, 0.25) is 0 Å². The molecule has 0 aliphatic heterocycles. The van der Waals surface area contributed by atoms with Crippen LogP contribution in [0.5, 0.6) is 0 Å². The number of carbonyl (C=O) groups excluding carboxylic acids is 1. The molecular formula is C14H12BrNO. The number of hydrogen-bond acceptors (Lipinski definition) is 2. The van der Waals surface area contributed by atoms with Gasteiger partial charge in [0.2, 0.25) is 0 Å². The molecule has 0 heterocycles. The van der Waals surface area contributed by atoms with Gasteiger partial charge in [0, 0.05) is 28.5 Å². The van der Waals surface area contributed by atoms with E-state index in [1.165, 1.54) is 0 Å². The zero-order valence-corrected chi connectivity index (χ0v) is 11.0. The fourth-order valence-corrected chi connectivity index (χ4v) is 2.08. The summed E-state index contributed by atoms with van der Waals surface area (Å²) < 4.78 is 0.813. The van der Waals surface area contributed by atoms with Crippen LogP contribution in [0, 0.1) is 0 Å². The minimum absolute atomic E-state index is 0.662. The van der Waals surface area contributed by atoms with Crippen LogP contribution in [-0.2, 0) is 0 Å². The summed E-state index contributed by atoms with van der Waals surface area (Å²) in [4.78, 5) is 12.8. The molecule has 0 N–H and O–H groups in total. The van der Waals surface area contributed by atoms with Gasteiger partial charge in [0.25, 0.3) is 0 Å². The molecule has 0 saturated heterocycles. The van der Waals surface area contributed by atoms with Gasteiger partial charge in [-0.15, -0.1) is 0 Å². The lowest BCUT2D eigenvalue weighted by Crippen LogP contribution is -2.09. The average molecular weight is 290 g/mol. The second kappa shape index (κ2) is 5.15. The Labute approximate surface area is 109 Å². The number of rotatable bonds is 3. The maximum atomic E-state index is 10.7. The lowest BCUT2D eigenvalue weighted by atomic mass is 10.2. The third-order valence-electron chi connectivity index (χ3n) is 2.64. The third-order valence-corrected chi connectivity index (χ3v) is 3.33. The highest BCUT2D eigenvalue weighted by Crippen LogP contribution is 2.27. The topological polar surface area (TPSA) is 20.3 Å². The second-order valence-corrected chi connectivity index (χ2v) is 4.57. The molecule has 0 unspecified atom stereocenters. The van der Waals surface area contributed by atoms with Crippen LogP contribution in [0.4, 0.5) is 11.4 Å². The Morgan fingerprint density at radius 1 is 1.06 bits per heavy atom. The molecular weight excluding hydrogens is 278 g/mol. The van der Waals surface area contributed by atoms with Crippen molar-refractivity contribution in [1.82, 2.24) is 0 Å². The number of para-hydroxylation sites is 1. The quantitative estimate of drug-likeness (QED) is 0.795. The molecule has 0 aliphatic carbocycles. The zero-order chi connectivity index (χ0) is 12.3. The van der Waals surface area contributed by atoms with Gasteiger partial charge in [-0.25, -0.2) is 0 Å². The molecule has 0 bridgehead atoms. The minimum Gasteiger partial charge on any atom is -0.345 e. The molecule has 0 atom stereocenters. The number of carbonyl (C=O) groups is 1. The molecule has 3 heteroatoms. The smallest absolute Gasteiger partial charge is 0.151 e. The molecule has 2 nitrogen and oxygen atoms in total. The number of anilines is 2. The van der Waals surface area contributed by atoms with Gasteiger partial charge < -0.3 is 4.90 Å². The van der Waals surface area contributed by atoms with E-state index in [1.54, 1.807) is 0 Å². The summed E-state index contributed by atoms with van der Waals surface area (Å²) in [7, 11) is 2.00. The normalized spacial score (nSPS) is 10.0. The molecule has 0 amide bonds. The van der Waals surface area contributed by atoms with Crippen LogP contribution in [0.25, 0.3) is 0 Å². The van der Waals surface area contributed by atoms with Crippen LogP contribution in [0.3, 0.4) is 0 Å². The molecule has 17 heavy (non-hydrogen) atoms. The van der Waals surface area contributed by atoms with Gasteiger partial charge in [-0.3, -0.25) is 4.79 Å². The molecule has 0 aromatic heterocycles. The molecule has 0 fully saturated rings. The van der Waals surface area contributed by atoms with Crippen molar-refractivity contribution in [2.45, 2.75) is 0 Å². The van der Waals surface area contributed by atoms with Crippen LogP contribution in [0.15, 0.2) is 53.0 Å². The Kier molecular flexibility index (Phi) is 3.59. The first-order valence-corrected chi connectivity index (χ1v) is 6.05. The monoisotopic (exact) mass is 289 g/mol. The Bertz CT molecular complexity index is 525. The molecule has 2 rings (SSSR count). The number of halogens is 1. The lowest BCUT2D eigenvalue weighted by molar-refractivity contribution is 0.112. The maximum absolute atomic E-state index is 10.7. The van der Waals surface area contributed by atoms with Gasteiger partial charge in [0.05, 0.1) is 0 Å². The Morgan fingerprint density at radius 3 is 2.35 bits per heavy atom. The van der Waals surface area contributed by atoms with Gasteiger partial charge in [0.1, 0.15) is 0 Å². The van der Waals surface area contributed by atoms with E-state index in [4.69, 9.17) is 0 Å². The lowest BCUT2D eigenvalue weighted by Gasteiger charge is -2.19. The van der Waals surface area contributed by atoms with Gasteiger partial charge >= 0.3 is 0 Å². The van der Waals surface area contributed by atoms with Crippen LogP contribution in [0.1, 0.15) is 10.4 Å². The maximum Gasteiger partial charge on any atom is 0.151 e. The van der Waals surface area contributed by atoms with Crippen molar-refractivity contribution in [1.29, 1.82) is 0 Å². The van der Waals surface area contributed by atoms with Crippen molar-refractivity contribution in [3.8, 4) is 0 Å². The van der Waals surface area contributed by atoms with Crippen molar-refractivity contribution in [2.24, 2.45) is 0 Å². The van der Waals surface area contributed by atoms with E-state index >= 15 is 0 Å². The summed E-state index contributed by atoms with van der Waals surface area (Å²) in [5, 5.41) is 0. The molecule has 0 aliphatic rings. The standard InChI is InChI=1S/C14H12BrNO/c1-16(12-5-3-2-4-6-12)13-8-7-11(10-17)14(15)9-13/h2-10H,1H3. The van der Waals surface area contributed by atoms with E-state index in [-0.39, 0.29) is 0 Å². The predicted octanol–water partition coefficient (Wildman–Crippen LogP) is 4.03.